The Morgan fingerprint density at radius 2 is 1.91 bits per heavy atom. The standard InChI is InChI=1S/C18H27N3O2/c1-23-17-8-7-15(13-19-17)14-20-9-11-21(12-10-20)18(22)16-5-3-2-4-6-16/h7-8,13,16H,2-6,9-12,14H2,1H3. The molecule has 0 radical (unpaired) electrons. The predicted octanol–water partition coefficient (Wildman–Crippen LogP) is 2.31. The van der Waals surface area contributed by atoms with E-state index in [1.165, 1.54) is 24.8 Å². The van der Waals surface area contributed by atoms with Crippen molar-refractivity contribution in [2.24, 2.45) is 5.92 Å². The van der Waals surface area contributed by atoms with E-state index in [1.807, 2.05) is 12.3 Å². The lowest BCUT2D eigenvalue weighted by atomic mass is 9.88. The topological polar surface area (TPSA) is 45.7 Å². The van der Waals surface area contributed by atoms with Gasteiger partial charge < -0.3 is 9.64 Å². The molecule has 3 rings (SSSR count). The number of nitrogens with zero attached hydrogens (tertiary/aromatic N) is 3. The van der Waals surface area contributed by atoms with Gasteiger partial charge in [0.15, 0.2) is 0 Å². The summed E-state index contributed by atoms with van der Waals surface area (Å²) in [6, 6.07) is 3.96. The molecule has 0 unspecified atom stereocenters. The average molecular weight is 317 g/mol. The highest BCUT2D eigenvalue weighted by molar-refractivity contribution is 5.79. The number of ether oxygens (including phenoxy) is 1. The predicted molar refractivity (Wildman–Crippen MR) is 89.2 cm³/mol. The Labute approximate surface area is 138 Å². The lowest BCUT2D eigenvalue weighted by Crippen LogP contribution is -2.50. The lowest BCUT2D eigenvalue weighted by Gasteiger charge is -2.37. The third kappa shape index (κ3) is 4.22. The van der Waals surface area contributed by atoms with Gasteiger partial charge >= 0.3 is 0 Å². The Bertz CT molecular complexity index is 504. The highest BCUT2D eigenvalue weighted by Gasteiger charge is 2.28. The van der Waals surface area contributed by atoms with E-state index in [0.717, 1.165) is 45.6 Å². The molecule has 1 aromatic rings. The van der Waals surface area contributed by atoms with Gasteiger partial charge in [0.25, 0.3) is 0 Å². The van der Waals surface area contributed by atoms with E-state index in [-0.39, 0.29) is 0 Å². The van der Waals surface area contributed by atoms with E-state index in [0.29, 0.717) is 17.7 Å². The van der Waals surface area contributed by atoms with Gasteiger partial charge in [0.2, 0.25) is 11.8 Å². The fourth-order valence-electron chi connectivity index (χ4n) is 3.62. The molecule has 2 aliphatic rings. The molecule has 5 nitrogen and oxygen atoms in total. The fourth-order valence-corrected chi connectivity index (χ4v) is 3.62. The Kier molecular flexibility index (Phi) is 5.49. The summed E-state index contributed by atoms with van der Waals surface area (Å²) in [6.45, 7) is 4.51. The van der Waals surface area contributed by atoms with Gasteiger partial charge in [-0.05, 0) is 18.4 Å². The van der Waals surface area contributed by atoms with E-state index >= 15 is 0 Å². The SMILES string of the molecule is COc1ccc(CN2CCN(C(=O)C3CCCCC3)CC2)cn1. The summed E-state index contributed by atoms with van der Waals surface area (Å²) in [5.74, 6) is 1.34. The van der Waals surface area contributed by atoms with Crippen LogP contribution in [0.3, 0.4) is 0 Å². The number of hydrogen-bond donors (Lipinski definition) is 0. The number of aromatic nitrogens is 1. The van der Waals surface area contributed by atoms with Crippen LogP contribution in [0, 0.1) is 5.92 Å². The minimum Gasteiger partial charge on any atom is -0.481 e. The molecule has 1 aliphatic heterocycles. The van der Waals surface area contributed by atoms with Crippen LogP contribution in [0.4, 0.5) is 0 Å². The molecule has 0 bridgehead atoms. The third-order valence-electron chi connectivity index (χ3n) is 5.05. The van der Waals surface area contributed by atoms with Crippen LogP contribution >= 0.6 is 0 Å². The van der Waals surface area contributed by atoms with Gasteiger partial charge in [0, 0.05) is 50.9 Å². The third-order valence-corrected chi connectivity index (χ3v) is 5.05. The number of carbonyl (C=O) groups is 1. The minimum atomic E-state index is 0.293. The quantitative estimate of drug-likeness (QED) is 0.855. The minimum absolute atomic E-state index is 0.293. The Hall–Kier alpha value is -1.62. The van der Waals surface area contributed by atoms with Crippen LogP contribution in [0.15, 0.2) is 18.3 Å². The molecule has 5 heteroatoms. The molecule has 1 aliphatic carbocycles. The van der Waals surface area contributed by atoms with Crippen molar-refractivity contribution in [3.05, 3.63) is 23.9 Å². The maximum atomic E-state index is 12.6. The molecular formula is C18H27N3O2. The normalized spacial score (nSPS) is 20.5. The van der Waals surface area contributed by atoms with Crippen molar-refractivity contribution in [2.45, 2.75) is 38.6 Å². The molecule has 1 saturated heterocycles. The van der Waals surface area contributed by atoms with Gasteiger partial charge in [-0.3, -0.25) is 9.69 Å². The summed E-state index contributed by atoms with van der Waals surface area (Å²) >= 11 is 0. The first-order valence-corrected chi connectivity index (χ1v) is 8.76. The number of pyridine rings is 1. The van der Waals surface area contributed by atoms with Crippen LogP contribution in [0.25, 0.3) is 0 Å². The molecule has 126 valence electrons. The van der Waals surface area contributed by atoms with Crippen molar-refractivity contribution in [1.82, 2.24) is 14.8 Å². The molecular weight excluding hydrogens is 290 g/mol. The molecule has 0 atom stereocenters. The van der Waals surface area contributed by atoms with E-state index in [9.17, 15) is 4.79 Å². The number of hydrogen-bond acceptors (Lipinski definition) is 4. The van der Waals surface area contributed by atoms with Crippen LogP contribution in [-0.4, -0.2) is 54.0 Å². The summed E-state index contributed by atoms with van der Waals surface area (Å²) in [7, 11) is 1.63. The van der Waals surface area contributed by atoms with Crippen LogP contribution in [0.1, 0.15) is 37.7 Å². The second-order valence-corrected chi connectivity index (χ2v) is 6.65. The molecule has 0 N–H and O–H groups in total. The Morgan fingerprint density at radius 1 is 1.17 bits per heavy atom. The maximum Gasteiger partial charge on any atom is 0.225 e. The van der Waals surface area contributed by atoms with E-state index in [2.05, 4.69) is 20.9 Å². The molecule has 1 aromatic heterocycles. The monoisotopic (exact) mass is 317 g/mol. The highest BCUT2D eigenvalue weighted by atomic mass is 16.5. The lowest BCUT2D eigenvalue weighted by molar-refractivity contribution is -0.138. The van der Waals surface area contributed by atoms with Crippen LogP contribution in [0.5, 0.6) is 5.88 Å². The van der Waals surface area contributed by atoms with E-state index in [1.54, 1.807) is 7.11 Å². The summed E-state index contributed by atoms with van der Waals surface area (Å²) in [5, 5.41) is 0. The van der Waals surface area contributed by atoms with Gasteiger partial charge in [-0.25, -0.2) is 4.98 Å². The van der Waals surface area contributed by atoms with Gasteiger partial charge in [-0.1, -0.05) is 25.3 Å². The van der Waals surface area contributed by atoms with Crippen molar-refractivity contribution < 1.29 is 9.53 Å². The number of amides is 1. The Balaban J connectivity index is 1.46. The number of piperazine rings is 1. The molecule has 0 spiro atoms. The zero-order valence-corrected chi connectivity index (χ0v) is 14.0. The van der Waals surface area contributed by atoms with Gasteiger partial charge in [0.05, 0.1) is 7.11 Å². The number of methoxy groups -OCH3 is 1. The Morgan fingerprint density at radius 3 is 2.52 bits per heavy atom. The molecule has 1 amide bonds. The summed E-state index contributed by atoms with van der Waals surface area (Å²) < 4.78 is 5.09. The molecule has 2 heterocycles. The zero-order chi connectivity index (χ0) is 16.1. The summed E-state index contributed by atoms with van der Waals surface area (Å²) in [4.78, 5) is 21.3. The molecule has 0 aromatic carbocycles. The van der Waals surface area contributed by atoms with E-state index in [4.69, 9.17) is 4.74 Å². The highest BCUT2D eigenvalue weighted by Crippen LogP contribution is 2.26. The van der Waals surface area contributed by atoms with Crippen LogP contribution in [0.2, 0.25) is 0 Å². The van der Waals surface area contributed by atoms with Crippen molar-refractivity contribution in [2.75, 3.05) is 33.3 Å². The first-order valence-electron chi connectivity index (χ1n) is 8.76. The number of rotatable bonds is 4. The van der Waals surface area contributed by atoms with Crippen molar-refractivity contribution >= 4 is 5.91 Å². The average Bonchev–Trinajstić information content (AvgIpc) is 2.63. The van der Waals surface area contributed by atoms with E-state index < -0.39 is 0 Å². The second-order valence-electron chi connectivity index (χ2n) is 6.65. The zero-order valence-electron chi connectivity index (χ0n) is 14.0. The first kappa shape index (κ1) is 16.2. The first-order chi connectivity index (χ1) is 11.3. The van der Waals surface area contributed by atoms with Gasteiger partial charge in [0.1, 0.15) is 0 Å². The van der Waals surface area contributed by atoms with Gasteiger partial charge in [-0.2, -0.15) is 0 Å². The van der Waals surface area contributed by atoms with Crippen molar-refractivity contribution in [3.63, 3.8) is 0 Å². The molecule has 2 fully saturated rings. The fraction of sp³-hybridized carbons (Fsp3) is 0.667. The second kappa shape index (κ2) is 7.77. The summed E-state index contributed by atoms with van der Waals surface area (Å²) in [5.41, 5.74) is 1.19. The smallest absolute Gasteiger partial charge is 0.225 e. The van der Waals surface area contributed by atoms with Crippen LogP contribution in [-0.2, 0) is 11.3 Å². The van der Waals surface area contributed by atoms with Gasteiger partial charge in [-0.15, -0.1) is 0 Å². The van der Waals surface area contributed by atoms with Crippen LogP contribution < -0.4 is 4.74 Å². The van der Waals surface area contributed by atoms with Crippen molar-refractivity contribution in [1.29, 1.82) is 0 Å². The molecule has 23 heavy (non-hydrogen) atoms. The largest absolute Gasteiger partial charge is 0.481 e. The summed E-state index contributed by atoms with van der Waals surface area (Å²) in [6.07, 6.45) is 7.81. The van der Waals surface area contributed by atoms with Crippen molar-refractivity contribution in [3.8, 4) is 5.88 Å². The maximum absolute atomic E-state index is 12.6. The molecule has 1 saturated carbocycles. The number of carbonyl (C=O) groups excluding carboxylic acids is 1.